The van der Waals surface area contributed by atoms with Crippen LogP contribution in [0.5, 0.6) is 0 Å². The third-order valence-electron chi connectivity index (χ3n) is 2.38. The van der Waals surface area contributed by atoms with Crippen LogP contribution in [-0.4, -0.2) is 16.7 Å². The maximum atomic E-state index is 11.8. The number of carbonyl (C=O) groups is 1. The van der Waals surface area contributed by atoms with Crippen LogP contribution < -0.4 is 5.73 Å². The standard InChI is InChI=1S/C11H14N2O3.ClH/c1-7(2)10(12)11(14)8-3-5-9(6-4-8)13(15)16;/h3-7,10H,12H2,1-2H3;1H. The van der Waals surface area contributed by atoms with Crippen LogP contribution in [0.3, 0.4) is 0 Å². The second-order valence-corrected chi connectivity index (χ2v) is 3.94. The fraction of sp³-hybridized carbons (Fsp3) is 0.364. The summed E-state index contributed by atoms with van der Waals surface area (Å²) in [5.74, 6) is -0.146. The van der Waals surface area contributed by atoms with E-state index in [9.17, 15) is 14.9 Å². The van der Waals surface area contributed by atoms with Crippen molar-refractivity contribution >= 4 is 23.9 Å². The van der Waals surface area contributed by atoms with E-state index in [1.54, 1.807) is 0 Å². The van der Waals surface area contributed by atoms with Crippen molar-refractivity contribution < 1.29 is 9.72 Å². The number of carbonyl (C=O) groups excluding carboxylic acids is 1. The van der Waals surface area contributed by atoms with E-state index in [-0.39, 0.29) is 29.8 Å². The summed E-state index contributed by atoms with van der Waals surface area (Å²) in [5, 5.41) is 10.4. The molecule has 17 heavy (non-hydrogen) atoms. The lowest BCUT2D eigenvalue weighted by Crippen LogP contribution is -2.35. The molecule has 0 aliphatic rings. The molecule has 6 heteroatoms. The van der Waals surface area contributed by atoms with Gasteiger partial charge < -0.3 is 5.73 Å². The molecule has 0 fully saturated rings. The fourth-order valence-electron chi connectivity index (χ4n) is 1.24. The molecule has 0 aromatic heterocycles. The third-order valence-corrected chi connectivity index (χ3v) is 2.38. The van der Waals surface area contributed by atoms with E-state index in [2.05, 4.69) is 0 Å². The van der Waals surface area contributed by atoms with Gasteiger partial charge in [-0.1, -0.05) is 13.8 Å². The normalized spacial score (nSPS) is 11.8. The molecule has 1 aromatic carbocycles. The predicted octanol–water partition coefficient (Wildman–Crippen LogP) is 2.18. The molecule has 0 radical (unpaired) electrons. The number of rotatable bonds is 4. The number of hydrogen-bond donors (Lipinski definition) is 1. The molecule has 1 aromatic rings. The topological polar surface area (TPSA) is 86.2 Å². The first-order valence-corrected chi connectivity index (χ1v) is 4.97. The van der Waals surface area contributed by atoms with Crippen molar-refractivity contribution in [2.75, 3.05) is 0 Å². The molecule has 1 atom stereocenters. The minimum absolute atomic E-state index is 0. The molecule has 0 amide bonds. The van der Waals surface area contributed by atoms with Gasteiger partial charge in [-0.3, -0.25) is 14.9 Å². The number of nitro benzene ring substituents is 1. The van der Waals surface area contributed by atoms with Crippen molar-refractivity contribution in [2.45, 2.75) is 19.9 Å². The molecular weight excluding hydrogens is 244 g/mol. The zero-order valence-corrected chi connectivity index (χ0v) is 10.4. The Balaban J connectivity index is 0.00000256. The summed E-state index contributed by atoms with van der Waals surface area (Å²) < 4.78 is 0. The van der Waals surface area contributed by atoms with Crippen LogP contribution in [0.4, 0.5) is 5.69 Å². The molecule has 0 aliphatic carbocycles. The molecule has 0 bridgehead atoms. The highest BCUT2D eigenvalue weighted by Gasteiger charge is 2.19. The maximum Gasteiger partial charge on any atom is 0.269 e. The van der Waals surface area contributed by atoms with Crippen LogP contribution in [-0.2, 0) is 0 Å². The van der Waals surface area contributed by atoms with E-state index in [0.717, 1.165) is 0 Å². The van der Waals surface area contributed by atoms with Crippen LogP contribution in [0.1, 0.15) is 24.2 Å². The molecule has 94 valence electrons. The first-order chi connectivity index (χ1) is 7.43. The number of nitro groups is 1. The minimum atomic E-state index is -0.568. The van der Waals surface area contributed by atoms with E-state index >= 15 is 0 Å². The highest BCUT2D eigenvalue weighted by molar-refractivity contribution is 6.00. The minimum Gasteiger partial charge on any atom is -0.321 e. The zero-order chi connectivity index (χ0) is 12.3. The summed E-state index contributed by atoms with van der Waals surface area (Å²) in [5.41, 5.74) is 6.08. The van der Waals surface area contributed by atoms with E-state index in [4.69, 9.17) is 5.73 Å². The number of non-ortho nitro benzene ring substituents is 1. The van der Waals surface area contributed by atoms with Crippen LogP contribution in [0.2, 0.25) is 0 Å². The van der Waals surface area contributed by atoms with Gasteiger partial charge in [-0.25, -0.2) is 0 Å². The molecule has 0 saturated heterocycles. The van der Waals surface area contributed by atoms with Crippen molar-refractivity contribution in [3.8, 4) is 0 Å². The summed E-state index contributed by atoms with van der Waals surface area (Å²) >= 11 is 0. The SMILES string of the molecule is CC(C)C(N)C(=O)c1ccc([N+](=O)[O-])cc1.Cl. The van der Waals surface area contributed by atoms with E-state index < -0.39 is 11.0 Å². The maximum absolute atomic E-state index is 11.8. The number of hydrogen-bond acceptors (Lipinski definition) is 4. The van der Waals surface area contributed by atoms with Gasteiger partial charge in [0.15, 0.2) is 5.78 Å². The number of Topliss-reactive ketones (excluding diaryl/α,β-unsaturated/α-hetero) is 1. The molecule has 1 rings (SSSR count). The predicted molar refractivity (Wildman–Crippen MR) is 67.5 cm³/mol. The molecule has 2 N–H and O–H groups in total. The Labute approximate surface area is 106 Å². The van der Waals surface area contributed by atoms with Gasteiger partial charge in [-0.2, -0.15) is 0 Å². The summed E-state index contributed by atoms with van der Waals surface area (Å²) in [6.07, 6.45) is 0. The van der Waals surface area contributed by atoms with Crippen LogP contribution in [0, 0.1) is 16.0 Å². The van der Waals surface area contributed by atoms with Gasteiger partial charge in [0.1, 0.15) is 0 Å². The van der Waals surface area contributed by atoms with Gasteiger partial charge in [0.05, 0.1) is 11.0 Å². The Morgan fingerprint density at radius 2 is 1.76 bits per heavy atom. The van der Waals surface area contributed by atoms with Gasteiger partial charge in [0.2, 0.25) is 0 Å². The average Bonchev–Trinajstić information content (AvgIpc) is 2.27. The number of ketones is 1. The van der Waals surface area contributed by atoms with E-state index in [1.807, 2.05) is 13.8 Å². The Kier molecular flexibility index (Phi) is 5.78. The highest BCUT2D eigenvalue weighted by Crippen LogP contribution is 2.14. The molecule has 1 unspecified atom stereocenters. The number of halogens is 1. The van der Waals surface area contributed by atoms with Crippen molar-refractivity contribution in [2.24, 2.45) is 11.7 Å². The second-order valence-electron chi connectivity index (χ2n) is 3.94. The van der Waals surface area contributed by atoms with Gasteiger partial charge in [-0.15, -0.1) is 12.4 Å². The number of nitrogens with two attached hydrogens (primary N) is 1. The lowest BCUT2D eigenvalue weighted by Gasteiger charge is -2.13. The monoisotopic (exact) mass is 258 g/mol. The van der Waals surface area contributed by atoms with Crippen molar-refractivity contribution in [1.29, 1.82) is 0 Å². The van der Waals surface area contributed by atoms with E-state index in [1.165, 1.54) is 24.3 Å². The first kappa shape index (κ1) is 15.5. The average molecular weight is 259 g/mol. The fourth-order valence-corrected chi connectivity index (χ4v) is 1.24. The number of benzene rings is 1. The smallest absolute Gasteiger partial charge is 0.269 e. The first-order valence-electron chi connectivity index (χ1n) is 4.97. The lowest BCUT2D eigenvalue weighted by atomic mass is 9.96. The highest BCUT2D eigenvalue weighted by atomic mass is 35.5. The molecule has 0 spiro atoms. The van der Waals surface area contributed by atoms with Gasteiger partial charge in [0, 0.05) is 17.7 Å². The van der Waals surface area contributed by atoms with Crippen molar-refractivity contribution in [3.05, 3.63) is 39.9 Å². The molecule has 5 nitrogen and oxygen atoms in total. The molecular formula is C11H15ClN2O3. The van der Waals surface area contributed by atoms with E-state index in [0.29, 0.717) is 5.56 Å². The van der Waals surface area contributed by atoms with Gasteiger partial charge in [0.25, 0.3) is 5.69 Å². The van der Waals surface area contributed by atoms with Crippen molar-refractivity contribution in [1.82, 2.24) is 0 Å². The Bertz CT molecular complexity index is 404. The molecule has 0 saturated carbocycles. The zero-order valence-electron chi connectivity index (χ0n) is 9.62. The summed E-state index contributed by atoms with van der Waals surface area (Å²) in [6, 6.07) is 4.91. The van der Waals surface area contributed by atoms with Crippen LogP contribution >= 0.6 is 12.4 Å². The van der Waals surface area contributed by atoms with Crippen LogP contribution in [0.25, 0.3) is 0 Å². The van der Waals surface area contributed by atoms with Gasteiger partial charge in [-0.05, 0) is 18.1 Å². The van der Waals surface area contributed by atoms with Crippen molar-refractivity contribution in [3.63, 3.8) is 0 Å². The Morgan fingerprint density at radius 3 is 2.12 bits per heavy atom. The Morgan fingerprint density at radius 1 is 1.29 bits per heavy atom. The summed E-state index contributed by atoms with van der Waals surface area (Å²) in [7, 11) is 0. The Hall–Kier alpha value is -1.46. The number of nitrogens with zero attached hydrogens (tertiary/aromatic N) is 1. The van der Waals surface area contributed by atoms with Crippen LogP contribution in [0.15, 0.2) is 24.3 Å². The lowest BCUT2D eigenvalue weighted by molar-refractivity contribution is -0.384. The third kappa shape index (κ3) is 3.80. The molecule has 0 heterocycles. The quantitative estimate of drug-likeness (QED) is 0.509. The van der Waals surface area contributed by atoms with Gasteiger partial charge >= 0.3 is 0 Å². The largest absolute Gasteiger partial charge is 0.321 e. The summed E-state index contributed by atoms with van der Waals surface area (Å²) in [6.45, 7) is 3.71. The summed E-state index contributed by atoms with van der Waals surface area (Å²) in [4.78, 5) is 21.7. The second kappa shape index (κ2) is 6.32. The molecule has 0 aliphatic heterocycles.